The molecule has 1 nitrogen and oxygen atoms in total. The van der Waals surface area contributed by atoms with E-state index in [2.05, 4.69) is 4.74 Å². The standard InChI is InChI=1S/C3H5ClO/c1-3(4)2-5-3/h2H2,1H3/t3-/m1/s1. The molecule has 0 aromatic rings. The third-order valence-corrected chi connectivity index (χ3v) is 0.760. The predicted molar refractivity (Wildman–Crippen MR) is 20.2 cm³/mol. The van der Waals surface area contributed by atoms with Crippen molar-refractivity contribution in [2.24, 2.45) is 0 Å². The Morgan fingerprint density at radius 2 is 2.20 bits per heavy atom. The van der Waals surface area contributed by atoms with Gasteiger partial charge in [-0.15, -0.1) is 0 Å². The summed E-state index contributed by atoms with van der Waals surface area (Å²) in [6.07, 6.45) is 0. The highest BCUT2D eigenvalue weighted by molar-refractivity contribution is 6.24. The first-order valence-corrected chi connectivity index (χ1v) is 1.91. The van der Waals surface area contributed by atoms with Gasteiger partial charge in [-0.2, -0.15) is 0 Å². The van der Waals surface area contributed by atoms with Gasteiger partial charge in [0.25, 0.3) is 0 Å². The first-order chi connectivity index (χ1) is 2.21. The molecule has 1 heterocycles. The van der Waals surface area contributed by atoms with Crippen molar-refractivity contribution in [3.8, 4) is 0 Å². The molecule has 0 N–H and O–H groups in total. The SMILES string of the molecule is C[C@]1(Cl)CO1. The van der Waals surface area contributed by atoms with Gasteiger partial charge in [-0.05, 0) is 6.92 Å². The fourth-order valence-corrected chi connectivity index (χ4v) is 0.154. The van der Waals surface area contributed by atoms with Crippen LogP contribution in [0.2, 0.25) is 0 Å². The molecule has 1 fully saturated rings. The summed E-state index contributed by atoms with van der Waals surface area (Å²) in [6.45, 7) is 2.56. The second-order valence-corrected chi connectivity index (χ2v) is 2.19. The summed E-state index contributed by atoms with van der Waals surface area (Å²) in [5.74, 6) is 0. The molecule has 1 saturated heterocycles. The monoisotopic (exact) mass is 92.0 g/mol. The molecule has 1 atom stereocenters. The fourth-order valence-electron chi connectivity index (χ4n) is 0.0994. The van der Waals surface area contributed by atoms with Crippen LogP contribution < -0.4 is 0 Å². The van der Waals surface area contributed by atoms with Crippen LogP contribution in [0.1, 0.15) is 6.92 Å². The average Bonchev–Trinajstić information content (AvgIpc) is 1.76. The first-order valence-electron chi connectivity index (χ1n) is 1.54. The second-order valence-electron chi connectivity index (χ2n) is 1.39. The topological polar surface area (TPSA) is 12.5 Å². The van der Waals surface area contributed by atoms with Crippen LogP contribution in [0.5, 0.6) is 0 Å². The third kappa shape index (κ3) is 0.781. The van der Waals surface area contributed by atoms with Crippen LogP contribution >= 0.6 is 11.6 Å². The number of halogens is 1. The van der Waals surface area contributed by atoms with Gasteiger partial charge in [0.15, 0.2) is 5.06 Å². The Hall–Kier alpha value is 0.250. The number of hydrogen-bond donors (Lipinski definition) is 0. The Labute approximate surface area is 35.9 Å². The Kier molecular flexibility index (Phi) is 0.454. The number of epoxide rings is 1. The molecule has 0 aliphatic carbocycles. The summed E-state index contributed by atoms with van der Waals surface area (Å²) in [7, 11) is 0. The quantitative estimate of drug-likeness (QED) is 0.320. The van der Waals surface area contributed by atoms with Crippen LogP contribution in [0, 0.1) is 0 Å². The van der Waals surface area contributed by atoms with Crippen molar-refractivity contribution in [1.82, 2.24) is 0 Å². The molecular formula is C3H5ClO. The van der Waals surface area contributed by atoms with E-state index in [1.54, 1.807) is 0 Å². The minimum Gasteiger partial charge on any atom is -0.353 e. The first kappa shape index (κ1) is 3.44. The number of ether oxygens (including phenoxy) is 1. The van der Waals surface area contributed by atoms with Gasteiger partial charge in [-0.1, -0.05) is 11.6 Å². The molecule has 1 aliphatic heterocycles. The molecule has 0 saturated carbocycles. The Bertz CT molecular complexity index is 44.9. The highest BCUT2D eigenvalue weighted by atomic mass is 35.5. The van der Waals surface area contributed by atoms with E-state index in [0.29, 0.717) is 6.61 Å². The lowest BCUT2D eigenvalue weighted by Gasteiger charge is -1.78. The van der Waals surface area contributed by atoms with Crippen LogP contribution in [0.4, 0.5) is 0 Å². The maximum absolute atomic E-state index is 5.42. The molecule has 0 amide bonds. The molecule has 0 spiro atoms. The van der Waals surface area contributed by atoms with Gasteiger partial charge in [0.05, 0.1) is 6.61 Å². The van der Waals surface area contributed by atoms with Crippen molar-refractivity contribution >= 4 is 11.6 Å². The third-order valence-electron chi connectivity index (χ3n) is 0.542. The van der Waals surface area contributed by atoms with Crippen LogP contribution in [-0.4, -0.2) is 11.7 Å². The Balaban J connectivity index is 2.38. The summed E-state index contributed by atoms with van der Waals surface area (Å²) >= 11 is 5.42. The molecule has 0 bridgehead atoms. The maximum Gasteiger partial charge on any atom is 0.162 e. The van der Waals surface area contributed by atoms with E-state index < -0.39 is 0 Å². The molecule has 1 aliphatic rings. The van der Waals surface area contributed by atoms with Gasteiger partial charge in [0.2, 0.25) is 0 Å². The minimum absolute atomic E-state index is 0.278. The van der Waals surface area contributed by atoms with Gasteiger partial charge in [-0.25, -0.2) is 0 Å². The Morgan fingerprint density at radius 1 is 2.00 bits per heavy atom. The summed E-state index contributed by atoms with van der Waals surface area (Å²) in [5.41, 5.74) is 0. The smallest absolute Gasteiger partial charge is 0.162 e. The van der Waals surface area contributed by atoms with E-state index in [9.17, 15) is 0 Å². The van der Waals surface area contributed by atoms with Crippen molar-refractivity contribution in [2.45, 2.75) is 12.0 Å². The molecular weight excluding hydrogens is 87.5 g/mol. The molecule has 1 rings (SSSR count). The molecule has 0 radical (unpaired) electrons. The van der Waals surface area contributed by atoms with Crippen LogP contribution in [0.3, 0.4) is 0 Å². The number of hydrogen-bond acceptors (Lipinski definition) is 1. The zero-order valence-corrected chi connectivity index (χ0v) is 3.75. The van der Waals surface area contributed by atoms with Gasteiger partial charge in [-0.3, -0.25) is 0 Å². The summed E-state index contributed by atoms with van der Waals surface area (Å²) in [5, 5.41) is -0.278. The van der Waals surface area contributed by atoms with Crippen molar-refractivity contribution in [3.63, 3.8) is 0 Å². The lowest BCUT2D eigenvalue weighted by atomic mass is 10.6. The second kappa shape index (κ2) is 0.660. The highest BCUT2D eigenvalue weighted by Gasteiger charge is 2.35. The van der Waals surface area contributed by atoms with Crippen LogP contribution in [-0.2, 0) is 4.74 Å². The molecule has 0 aromatic carbocycles. The van der Waals surface area contributed by atoms with Gasteiger partial charge >= 0.3 is 0 Å². The minimum atomic E-state index is -0.278. The van der Waals surface area contributed by atoms with Gasteiger partial charge in [0, 0.05) is 0 Å². The molecule has 0 aromatic heterocycles. The van der Waals surface area contributed by atoms with E-state index >= 15 is 0 Å². The average molecular weight is 92.5 g/mol. The van der Waals surface area contributed by atoms with Crippen molar-refractivity contribution in [2.75, 3.05) is 6.61 Å². The van der Waals surface area contributed by atoms with Crippen LogP contribution in [0.25, 0.3) is 0 Å². The molecule has 2 heteroatoms. The predicted octanol–water partition coefficient (Wildman–Crippen LogP) is 0.972. The van der Waals surface area contributed by atoms with Gasteiger partial charge < -0.3 is 4.74 Å². The normalized spacial score (nSPS) is 49.2. The summed E-state index contributed by atoms with van der Waals surface area (Å²) in [6, 6.07) is 0. The highest BCUT2D eigenvalue weighted by Crippen LogP contribution is 2.29. The van der Waals surface area contributed by atoms with Crippen molar-refractivity contribution < 1.29 is 4.74 Å². The zero-order valence-electron chi connectivity index (χ0n) is 2.99. The number of rotatable bonds is 0. The van der Waals surface area contributed by atoms with Gasteiger partial charge in [0.1, 0.15) is 0 Å². The lowest BCUT2D eigenvalue weighted by Crippen LogP contribution is -1.84. The van der Waals surface area contributed by atoms with E-state index in [4.69, 9.17) is 11.6 Å². The lowest BCUT2D eigenvalue weighted by molar-refractivity contribution is 0.397. The maximum atomic E-state index is 5.42. The largest absolute Gasteiger partial charge is 0.353 e. The van der Waals surface area contributed by atoms with E-state index in [1.807, 2.05) is 6.92 Å². The van der Waals surface area contributed by atoms with E-state index in [-0.39, 0.29) is 5.06 Å². The summed E-state index contributed by atoms with van der Waals surface area (Å²) < 4.78 is 4.66. The zero-order chi connectivity index (χ0) is 3.91. The molecule has 5 heavy (non-hydrogen) atoms. The van der Waals surface area contributed by atoms with Crippen molar-refractivity contribution in [1.29, 1.82) is 0 Å². The fraction of sp³-hybridized carbons (Fsp3) is 1.00. The Morgan fingerprint density at radius 3 is 2.20 bits per heavy atom. The summed E-state index contributed by atoms with van der Waals surface area (Å²) in [4.78, 5) is 0. The van der Waals surface area contributed by atoms with E-state index in [1.165, 1.54) is 0 Å². The molecule has 30 valence electrons. The van der Waals surface area contributed by atoms with E-state index in [0.717, 1.165) is 0 Å². The molecule has 0 unspecified atom stereocenters. The van der Waals surface area contributed by atoms with Crippen molar-refractivity contribution in [3.05, 3.63) is 0 Å². The number of alkyl halides is 1. The van der Waals surface area contributed by atoms with Crippen LogP contribution in [0.15, 0.2) is 0 Å².